The fourth-order valence-electron chi connectivity index (χ4n) is 2.43. The van der Waals surface area contributed by atoms with Crippen LogP contribution in [0.3, 0.4) is 0 Å². The Kier molecular flexibility index (Phi) is 3.74. The van der Waals surface area contributed by atoms with Gasteiger partial charge in [-0.25, -0.2) is 4.90 Å². The Bertz CT molecular complexity index is 733. The average Bonchev–Trinajstić information content (AvgIpc) is 2.83. The van der Waals surface area contributed by atoms with Crippen LogP contribution in [0.4, 0.5) is 5.69 Å². The fraction of sp³-hybridized carbons (Fsp3) is 0.111. The van der Waals surface area contributed by atoms with Gasteiger partial charge in [0.1, 0.15) is 5.75 Å². The third-order valence-corrected chi connectivity index (χ3v) is 3.54. The Morgan fingerprint density at radius 2 is 1.68 bits per heavy atom. The van der Waals surface area contributed by atoms with E-state index in [0.29, 0.717) is 11.3 Å². The molecule has 1 aliphatic heterocycles. The number of hydrogen-bond acceptors (Lipinski definition) is 3. The molecule has 0 radical (unpaired) electrons. The maximum absolute atomic E-state index is 12.5. The Hall–Kier alpha value is -2.88. The highest BCUT2D eigenvalue weighted by Crippen LogP contribution is 2.27. The molecule has 0 aromatic heterocycles. The Balaban J connectivity index is 1.88. The number of para-hydroxylation sites is 1. The number of rotatable bonds is 3. The molecule has 0 aliphatic carbocycles. The van der Waals surface area contributed by atoms with Gasteiger partial charge < -0.3 is 4.74 Å². The Morgan fingerprint density at radius 1 is 1.00 bits per heavy atom. The van der Waals surface area contributed by atoms with Crippen LogP contribution in [0.15, 0.2) is 60.2 Å². The van der Waals surface area contributed by atoms with Gasteiger partial charge in [0, 0.05) is 5.57 Å². The molecular weight excluding hydrogens is 278 g/mol. The zero-order valence-electron chi connectivity index (χ0n) is 12.2. The maximum Gasteiger partial charge on any atom is 0.261 e. The highest BCUT2D eigenvalue weighted by molar-refractivity contribution is 6.29. The van der Waals surface area contributed by atoms with Crippen molar-refractivity contribution in [3.8, 4) is 5.75 Å². The zero-order chi connectivity index (χ0) is 15.5. The first-order valence-corrected chi connectivity index (χ1v) is 6.96. The topological polar surface area (TPSA) is 46.6 Å². The van der Waals surface area contributed by atoms with Gasteiger partial charge in [-0.1, -0.05) is 30.3 Å². The Morgan fingerprint density at radius 3 is 2.32 bits per heavy atom. The van der Waals surface area contributed by atoms with Crippen LogP contribution < -0.4 is 9.64 Å². The Labute approximate surface area is 128 Å². The lowest BCUT2D eigenvalue weighted by molar-refractivity contribution is -0.120. The first kappa shape index (κ1) is 14.1. The molecular formula is C18H15NO3. The van der Waals surface area contributed by atoms with Crippen molar-refractivity contribution in [2.24, 2.45) is 0 Å². The number of anilines is 1. The molecule has 0 bridgehead atoms. The van der Waals surface area contributed by atoms with Crippen LogP contribution in [0, 0.1) is 0 Å². The summed E-state index contributed by atoms with van der Waals surface area (Å²) in [4.78, 5) is 25.8. The molecule has 0 N–H and O–H groups in total. The normalized spacial score (nSPS) is 16.4. The summed E-state index contributed by atoms with van der Waals surface area (Å²) in [6, 6.07) is 16.3. The predicted molar refractivity (Wildman–Crippen MR) is 84.5 cm³/mol. The van der Waals surface area contributed by atoms with Gasteiger partial charge in [0.15, 0.2) is 0 Å². The summed E-state index contributed by atoms with van der Waals surface area (Å²) in [5.74, 6) is 0.296. The quantitative estimate of drug-likeness (QED) is 0.645. The van der Waals surface area contributed by atoms with Crippen molar-refractivity contribution in [1.82, 2.24) is 0 Å². The second kappa shape index (κ2) is 5.85. The van der Waals surface area contributed by atoms with Crippen molar-refractivity contribution in [2.75, 3.05) is 12.0 Å². The monoisotopic (exact) mass is 293 g/mol. The average molecular weight is 293 g/mol. The van der Waals surface area contributed by atoms with Gasteiger partial charge in [0.2, 0.25) is 5.91 Å². The summed E-state index contributed by atoms with van der Waals surface area (Å²) in [7, 11) is 1.60. The number of ether oxygens (including phenoxy) is 1. The van der Waals surface area contributed by atoms with Crippen LogP contribution in [0.2, 0.25) is 0 Å². The van der Waals surface area contributed by atoms with Gasteiger partial charge in [0.25, 0.3) is 5.91 Å². The van der Waals surface area contributed by atoms with E-state index in [-0.39, 0.29) is 18.2 Å². The molecule has 4 heteroatoms. The molecule has 0 atom stereocenters. The molecule has 2 aromatic carbocycles. The number of amides is 2. The van der Waals surface area contributed by atoms with Crippen LogP contribution in [-0.2, 0) is 9.59 Å². The second-order valence-electron chi connectivity index (χ2n) is 4.99. The van der Waals surface area contributed by atoms with Gasteiger partial charge in [-0.15, -0.1) is 0 Å². The lowest BCUT2D eigenvalue weighted by Gasteiger charge is -2.12. The number of carbonyl (C=O) groups is 2. The van der Waals surface area contributed by atoms with Crippen molar-refractivity contribution in [2.45, 2.75) is 6.42 Å². The smallest absolute Gasteiger partial charge is 0.261 e. The third-order valence-electron chi connectivity index (χ3n) is 3.54. The number of benzene rings is 2. The summed E-state index contributed by atoms with van der Waals surface area (Å²) in [5, 5.41) is 0. The van der Waals surface area contributed by atoms with Crippen molar-refractivity contribution in [3.63, 3.8) is 0 Å². The number of imide groups is 1. The van der Waals surface area contributed by atoms with Gasteiger partial charge in [0.05, 0.1) is 19.2 Å². The minimum absolute atomic E-state index is 0.125. The summed E-state index contributed by atoms with van der Waals surface area (Å²) in [5.41, 5.74) is 1.97. The maximum atomic E-state index is 12.5. The minimum Gasteiger partial charge on any atom is -0.497 e. The number of methoxy groups -OCH3 is 1. The van der Waals surface area contributed by atoms with Crippen LogP contribution in [-0.4, -0.2) is 18.9 Å². The van der Waals surface area contributed by atoms with Crippen molar-refractivity contribution in [1.29, 1.82) is 0 Å². The first-order chi connectivity index (χ1) is 10.7. The van der Waals surface area contributed by atoms with Crippen LogP contribution in [0.1, 0.15) is 12.0 Å². The van der Waals surface area contributed by atoms with E-state index in [1.807, 2.05) is 30.3 Å². The van der Waals surface area contributed by atoms with Crippen LogP contribution in [0.5, 0.6) is 5.75 Å². The summed E-state index contributed by atoms with van der Waals surface area (Å²) in [6.07, 6.45) is 1.88. The molecule has 1 heterocycles. The second-order valence-corrected chi connectivity index (χ2v) is 4.99. The summed E-state index contributed by atoms with van der Waals surface area (Å²) in [6.45, 7) is 0. The largest absolute Gasteiger partial charge is 0.497 e. The predicted octanol–water partition coefficient (Wildman–Crippen LogP) is 3.04. The highest BCUT2D eigenvalue weighted by Gasteiger charge is 2.34. The molecule has 2 aromatic rings. The third kappa shape index (κ3) is 2.63. The lowest BCUT2D eigenvalue weighted by atomic mass is 10.1. The van der Waals surface area contributed by atoms with Gasteiger partial charge in [-0.2, -0.15) is 0 Å². The molecule has 110 valence electrons. The minimum atomic E-state index is -0.257. The molecule has 4 nitrogen and oxygen atoms in total. The standard InChI is InChI=1S/C18H15NO3/c1-22-16-9-7-13(8-10-16)11-14-12-17(20)19(18(14)21)15-5-3-2-4-6-15/h2-11H,12H2,1H3/b14-11+. The molecule has 0 unspecified atom stereocenters. The van der Waals surface area contributed by atoms with E-state index in [4.69, 9.17) is 4.74 Å². The molecule has 1 saturated heterocycles. The van der Waals surface area contributed by atoms with E-state index in [0.717, 1.165) is 11.3 Å². The molecule has 1 aliphatic rings. The SMILES string of the molecule is COc1ccc(/C=C2\CC(=O)N(c3ccccc3)C2=O)cc1. The zero-order valence-corrected chi connectivity index (χ0v) is 12.2. The molecule has 1 fully saturated rings. The van der Waals surface area contributed by atoms with Crippen LogP contribution in [0.25, 0.3) is 6.08 Å². The van der Waals surface area contributed by atoms with E-state index in [2.05, 4.69) is 0 Å². The fourth-order valence-corrected chi connectivity index (χ4v) is 2.43. The van der Waals surface area contributed by atoms with Gasteiger partial charge in [-0.3, -0.25) is 9.59 Å². The van der Waals surface area contributed by atoms with E-state index >= 15 is 0 Å². The van der Waals surface area contributed by atoms with Crippen molar-refractivity contribution >= 4 is 23.6 Å². The highest BCUT2D eigenvalue weighted by atomic mass is 16.5. The lowest BCUT2D eigenvalue weighted by Crippen LogP contribution is -2.28. The first-order valence-electron chi connectivity index (χ1n) is 6.96. The van der Waals surface area contributed by atoms with Crippen molar-refractivity contribution < 1.29 is 14.3 Å². The summed E-state index contributed by atoms with van der Waals surface area (Å²) < 4.78 is 5.10. The number of hydrogen-bond donors (Lipinski definition) is 0. The van der Waals surface area contributed by atoms with Gasteiger partial charge >= 0.3 is 0 Å². The number of carbonyl (C=O) groups excluding carboxylic acids is 2. The number of nitrogens with zero attached hydrogens (tertiary/aromatic N) is 1. The van der Waals surface area contributed by atoms with E-state index in [1.54, 1.807) is 37.5 Å². The van der Waals surface area contributed by atoms with Gasteiger partial charge in [-0.05, 0) is 35.9 Å². The van der Waals surface area contributed by atoms with E-state index in [9.17, 15) is 9.59 Å². The van der Waals surface area contributed by atoms with Crippen molar-refractivity contribution in [3.05, 3.63) is 65.7 Å². The van der Waals surface area contributed by atoms with Crippen LogP contribution >= 0.6 is 0 Å². The van der Waals surface area contributed by atoms with E-state index in [1.165, 1.54) is 4.90 Å². The molecule has 0 spiro atoms. The summed E-state index contributed by atoms with van der Waals surface area (Å²) >= 11 is 0. The molecule has 3 rings (SSSR count). The molecule has 0 saturated carbocycles. The molecule has 22 heavy (non-hydrogen) atoms. The van der Waals surface area contributed by atoms with E-state index < -0.39 is 0 Å². The molecule has 2 amide bonds.